The summed E-state index contributed by atoms with van der Waals surface area (Å²) >= 11 is 1.30. The second-order valence-electron chi connectivity index (χ2n) is 3.99. The molecule has 0 unspecified atom stereocenters. The van der Waals surface area contributed by atoms with Gasteiger partial charge in [0, 0.05) is 16.8 Å². The third kappa shape index (κ3) is 3.12. The van der Waals surface area contributed by atoms with Crippen molar-refractivity contribution >= 4 is 37.4 Å². The van der Waals surface area contributed by atoms with Crippen molar-refractivity contribution in [2.45, 2.75) is 6.54 Å². The van der Waals surface area contributed by atoms with Crippen LogP contribution in [0.4, 0.5) is 0 Å². The largest absolute Gasteiger partial charge is 0.465 e. The molecule has 7 heteroatoms. The maximum Gasteiger partial charge on any atom is 0.348 e. The predicted octanol–water partition coefficient (Wildman–Crippen LogP) is 1.74. The molecule has 0 bridgehead atoms. The minimum Gasteiger partial charge on any atom is -0.465 e. The molecule has 1 aromatic heterocycles. The topological polar surface area (TPSA) is 72.5 Å². The predicted molar refractivity (Wildman–Crippen MR) is 74.8 cm³/mol. The van der Waals surface area contributed by atoms with Crippen molar-refractivity contribution in [2.24, 2.45) is 0 Å². The molecular weight excluding hydrogens is 286 g/mol. The van der Waals surface area contributed by atoms with Gasteiger partial charge in [0.25, 0.3) is 0 Å². The summed E-state index contributed by atoms with van der Waals surface area (Å²) in [5.74, 6) is -0.452. The number of carbonyl (C=O) groups excluding carboxylic acids is 1. The molecule has 102 valence electrons. The van der Waals surface area contributed by atoms with Crippen LogP contribution in [0.1, 0.15) is 15.2 Å². The molecule has 0 spiro atoms. The molecular formula is C12H13NO4S2. The van der Waals surface area contributed by atoms with E-state index in [4.69, 9.17) is 4.74 Å². The van der Waals surface area contributed by atoms with Gasteiger partial charge in [-0.1, -0.05) is 18.2 Å². The Balaban J connectivity index is 2.51. The Bertz CT molecular complexity index is 718. The van der Waals surface area contributed by atoms with Gasteiger partial charge < -0.3 is 4.74 Å². The Labute approximate surface area is 115 Å². The van der Waals surface area contributed by atoms with E-state index in [0.717, 1.165) is 16.3 Å². The normalized spacial score (nSPS) is 11.7. The van der Waals surface area contributed by atoms with E-state index in [2.05, 4.69) is 4.72 Å². The molecule has 1 N–H and O–H groups in total. The number of carbonyl (C=O) groups is 1. The number of fused-ring (bicyclic) bond motifs is 1. The SMILES string of the molecule is COC(=O)c1sc2ccccc2c1CNS(C)(=O)=O. The van der Waals surface area contributed by atoms with Gasteiger partial charge in [0.15, 0.2) is 0 Å². The fourth-order valence-corrected chi connectivity index (χ4v) is 3.28. The van der Waals surface area contributed by atoms with Crippen molar-refractivity contribution in [1.82, 2.24) is 4.72 Å². The van der Waals surface area contributed by atoms with E-state index in [9.17, 15) is 13.2 Å². The van der Waals surface area contributed by atoms with E-state index in [1.807, 2.05) is 24.3 Å². The van der Waals surface area contributed by atoms with E-state index in [1.54, 1.807) is 0 Å². The number of methoxy groups -OCH3 is 1. The van der Waals surface area contributed by atoms with Gasteiger partial charge in [-0.2, -0.15) is 0 Å². The molecule has 0 fully saturated rings. The third-order valence-corrected chi connectivity index (χ3v) is 4.44. The molecule has 0 saturated carbocycles. The Morgan fingerprint density at radius 3 is 2.68 bits per heavy atom. The first-order chi connectivity index (χ1) is 8.92. The van der Waals surface area contributed by atoms with Gasteiger partial charge in [-0.05, 0) is 11.5 Å². The monoisotopic (exact) mass is 299 g/mol. The zero-order chi connectivity index (χ0) is 14.0. The third-order valence-electron chi connectivity index (χ3n) is 2.58. The van der Waals surface area contributed by atoms with Gasteiger partial charge in [-0.25, -0.2) is 17.9 Å². The first-order valence-electron chi connectivity index (χ1n) is 5.45. The molecule has 0 radical (unpaired) electrons. The van der Waals surface area contributed by atoms with Crippen LogP contribution in [-0.4, -0.2) is 27.8 Å². The van der Waals surface area contributed by atoms with E-state index in [0.29, 0.717) is 10.4 Å². The van der Waals surface area contributed by atoms with Gasteiger partial charge in [0.2, 0.25) is 10.0 Å². The molecule has 2 rings (SSSR count). The summed E-state index contributed by atoms with van der Waals surface area (Å²) in [5.41, 5.74) is 0.651. The van der Waals surface area contributed by atoms with E-state index in [1.165, 1.54) is 18.4 Å². The van der Waals surface area contributed by atoms with E-state index in [-0.39, 0.29) is 6.54 Å². The fourth-order valence-electron chi connectivity index (χ4n) is 1.74. The Kier molecular flexibility index (Phi) is 3.88. The quantitative estimate of drug-likeness (QED) is 0.873. The van der Waals surface area contributed by atoms with Crippen molar-refractivity contribution in [2.75, 3.05) is 13.4 Å². The van der Waals surface area contributed by atoms with Crippen LogP contribution in [0.15, 0.2) is 24.3 Å². The first kappa shape index (κ1) is 14.0. The molecule has 0 aliphatic carbocycles. The first-order valence-corrected chi connectivity index (χ1v) is 8.16. The zero-order valence-electron chi connectivity index (χ0n) is 10.5. The number of thiophene rings is 1. The molecule has 0 saturated heterocycles. The number of sulfonamides is 1. The van der Waals surface area contributed by atoms with Crippen molar-refractivity contribution < 1.29 is 17.9 Å². The number of nitrogens with one attached hydrogen (secondary N) is 1. The Morgan fingerprint density at radius 1 is 1.37 bits per heavy atom. The number of hydrogen-bond donors (Lipinski definition) is 1. The van der Waals surface area contributed by atoms with Crippen LogP contribution >= 0.6 is 11.3 Å². The summed E-state index contributed by atoms with van der Waals surface area (Å²) < 4.78 is 30.4. The van der Waals surface area contributed by atoms with Crippen LogP contribution in [0.3, 0.4) is 0 Å². The molecule has 0 atom stereocenters. The number of esters is 1. The van der Waals surface area contributed by atoms with Gasteiger partial charge >= 0.3 is 5.97 Å². The van der Waals surface area contributed by atoms with Crippen LogP contribution in [0.25, 0.3) is 10.1 Å². The highest BCUT2D eigenvalue weighted by molar-refractivity contribution is 7.88. The number of hydrogen-bond acceptors (Lipinski definition) is 5. The summed E-state index contributed by atoms with van der Waals surface area (Å²) in [7, 11) is -2.01. The lowest BCUT2D eigenvalue weighted by Gasteiger charge is -2.04. The van der Waals surface area contributed by atoms with Gasteiger partial charge in [0.1, 0.15) is 4.88 Å². The molecule has 1 aromatic carbocycles. The van der Waals surface area contributed by atoms with E-state index >= 15 is 0 Å². The maximum atomic E-state index is 11.7. The summed E-state index contributed by atoms with van der Waals surface area (Å²) in [5, 5.41) is 0.865. The van der Waals surface area contributed by atoms with E-state index < -0.39 is 16.0 Å². The molecule has 19 heavy (non-hydrogen) atoms. The second kappa shape index (κ2) is 5.28. The van der Waals surface area contributed by atoms with Gasteiger partial charge in [-0.3, -0.25) is 0 Å². The summed E-state index contributed by atoms with van der Waals surface area (Å²) in [6.07, 6.45) is 1.08. The van der Waals surface area contributed by atoms with Crippen molar-refractivity contribution in [1.29, 1.82) is 0 Å². The zero-order valence-corrected chi connectivity index (χ0v) is 12.1. The van der Waals surface area contributed by atoms with Crippen LogP contribution in [0, 0.1) is 0 Å². The number of benzene rings is 1. The Hall–Kier alpha value is -1.44. The van der Waals surface area contributed by atoms with Crippen molar-refractivity contribution in [3.8, 4) is 0 Å². The van der Waals surface area contributed by atoms with Crippen LogP contribution in [-0.2, 0) is 21.3 Å². The molecule has 0 aliphatic rings. The van der Waals surface area contributed by atoms with Crippen molar-refractivity contribution in [3.05, 3.63) is 34.7 Å². The lowest BCUT2D eigenvalue weighted by molar-refractivity contribution is 0.0605. The van der Waals surface area contributed by atoms with Gasteiger partial charge in [0.05, 0.1) is 13.4 Å². The van der Waals surface area contributed by atoms with Crippen LogP contribution < -0.4 is 4.72 Å². The van der Waals surface area contributed by atoms with Crippen LogP contribution in [0.5, 0.6) is 0 Å². The smallest absolute Gasteiger partial charge is 0.348 e. The molecule has 2 aromatic rings. The average Bonchev–Trinajstić information content (AvgIpc) is 2.73. The molecule has 0 amide bonds. The number of rotatable bonds is 4. The molecule has 5 nitrogen and oxygen atoms in total. The lowest BCUT2D eigenvalue weighted by Crippen LogP contribution is -2.22. The highest BCUT2D eigenvalue weighted by Crippen LogP contribution is 2.31. The average molecular weight is 299 g/mol. The standard InChI is InChI=1S/C12H13NO4S2/c1-17-12(14)11-9(7-13-19(2,15)16)8-5-3-4-6-10(8)18-11/h3-6,13H,7H2,1-2H3. The van der Waals surface area contributed by atoms with Gasteiger partial charge in [-0.15, -0.1) is 11.3 Å². The highest BCUT2D eigenvalue weighted by Gasteiger charge is 2.19. The minimum atomic E-state index is -3.32. The van der Waals surface area contributed by atoms with Crippen LogP contribution in [0.2, 0.25) is 0 Å². The summed E-state index contributed by atoms with van der Waals surface area (Å²) in [6, 6.07) is 7.46. The summed E-state index contributed by atoms with van der Waals surface area (Å²) in [4.78, 5) is 12.2. The van der Waals surface area contributed by atoms with Crippen molar-refractivity contribution in [3.63, 3.8) is 0 Å². The lowest BCUT2D eigenvalue weighted by atomic mass is 10.1. The second-order valence-corrected chi connectivity index (χ2v) is 6.88. The number of ether oxygens (including phenoxy) is 1. The minimum absolute atomic E-state index is 0.0767. The maximum absolute atomic E-state index is 11.7. The molecule has 0 aliphatic heterocycles. The molecule has 1 heterocycles. The Morgan fingerprint density at radius 2 is 2.05 bits per heavy atom. The fraction of sp³-hybridized carbons (Fsp3) is 0.250. The summed E-state index contributed by atoms with van der Waals surface area (Å²) in [6.45, 7) is 0.0767. The highest BCUT2D eigenvalue weighted by atomic mass is 32.2.